The molecule has 0 aliphatic carbocycles. The largest absolute Gasteiger partial charge is 0.372 e. The van der Waals surface area contributed by atoms with Crippen molar-refractivity contribution in [3.8, 4) is 11.5 Å². The number of nitrogens with one attached hydrogen (secondary N) is 1. The van der Waals surface area contributed by atoms with Gasteiger partial charge in [0.25, 0.3) is 0 Å². The zero-order chi connectivity index (χ0) is 24.2. The number of hydrogen-bond donors (Lipinski definition) is 1. The minimum absolute atomic E-state index is 0.238. The van der Waals surface area contributed by atoms with Crippen LogP contribution in [0.15, 0.2) is 46.6 Å². The van der Waals surface area contributed by atoms with Crippen molar-refractivity contribution in [3.63, 3.8) is 0 Å². The predicted molar refractivity (Wildman–Crippen MR) is 135 cm³/mol. The fourth-order valence-corrected chi connectivity index (χ4v) is 3.95. The number of carbonyl (C=O) groups is 1. The molecule has 4 rings (SSSR count). The van der Waals surface area contributed by atoms with Gasteiger partial charge in [0, 0.05) is 25.0 Å². The van der Waals surface area contributed by atoms with Crippen molar-refractivity contribution in [2.24, 2.45) is 16.0 Å². The molecule has 1 amide bonds. The third kappa shape index (κ3) is 4.73. The van der Waals surface area contributed by atoms with E-state index in [0.29, 0.717) is 41.1 Å². The van der Waals surface area contributed by atoms with Crippen LogP contribution in [0.5, 0.6) is 0 Å². The van der Waals surface area contributed by atoms with Crippen LogP contribution in [-0.4, -0.2) is 57.3 Å². The molecule has 0 atom stereocenters. The molecular formula is C25H30N8O. The highest BCUT2D eigenvalue weighted by Gasteiger charge is 2.29. The second kappa shape index (κ2) is 9.94. The van der Waals surface area contributed by atoms with Crippen LogP contribution in [0.25, 0.3) is 11.5 Å². The lowest BCUT2D eigenvalue weighted by molar-refractivity contribution is -0.109. The molecule has 9 heteroatoms. The number of amides is 1. The highest BCUT2D eigenvalue weighted by molar-refractivity contribution is 6.50. The number of aromatic nitrogens is 4. The lowest BCUT2D eigenvalue weighted by atomic mass is 10.1. The smallest absolute Gasteiger partial charge is 0.207 e. The first kappa shape index (κ1) is 23.3. The Labute approximate surface area is 199 Å². The number of rotatable bonds is 9. The highest BCUT2D eigenvalue weighted by Crippen LogP contribution is 2.28. The van der Waals surface area contributed by atoms with Crippen molar-refractivity contribution in [1.29, 1.82) is 0 Å². The maximum absolute atomic E-state index is 11.0. The minimum atomic E-state index is 0.238. The number of nitrogens with zero attached hydrogens (tertiary/aromatic N) is 7. The van der Waals surface area contributed by atoms with Crippen LogP contribution in [0.3, 0.4) is 0 Å². The Morgan fingerprint density at radius 3 is 2.62 bits per heavy atom. The van der Waals surface area contributed by atoms with Crippen LogP contribution < -0.4 is 10.2 Å². The minimum Gasteiger partial charge on any atom is -0.372 e. The van der Waals surface area contributed by atoms with Gasteiger partial charge in [-0.25, -0.2) is 4.99 Å². The fraction of sp³-hybridized carbons (Fsp3) is 0.360. The van der Waals surface area contributed by atoms with Gasteiger partial charge in [0.2, 0.25) is 18.1 Å². The molecule has 2 aromatic heterocycles. The van der Waals surface area contributed by atoms with Crippen LogP contribution >= 0.6 is 0 Å². The summed E-state index contributed by atoms with van der Waals surface area (Å²) in [6, 6.07) is 10.1. The van der Waals surface area contributed by atoms with Crippen LogP contribution in [0.4, 0.5) is 11.4 Å². The number of anilines is 1. The van der Waals surface area contributed by atoms with Gasteiger partial charge in [0.15, 0.2) is 0 Å². The summed E-state index contributed by atoms with van der Waals surface area (Å²) in [5, 5.41) is 16.0. The van der Waals surface area contributed by atoms with Gasteiger partial charge >= 0.3 is 0 Å². The van der Waals surface area contributed by atoms with E-state index in [4.69, 9.17) is 4.99 Å². The summed E-state index contributed by atoms with van der Waals surface area (Å²) in [5.74, 6) is 1.64. The lowest BCUT2D eigenvalue weighted by Crippen LogP contribution is -2.27. The molecule has 0 unspecified atom stereocenters. The first-order valence-electron chi connectivity index (χ1n) is 11.5. The average molecular weight is 459 g/mol. The van der Waals surface area contributed by atoms with Crippen molar-refractivity contribution in [3.05, 3.63) is 53.5 Å². The number of aryl methyl sites for hydroxylation is 2. The molecule has 9 nitrogen and oxygen atoms in total. The number of hydrogen-bond acceptors (Lipinski definition) is 7. The molecule has 0 bridgehead atoms. The predicted octanol–water partition coefficient (Wildman–Crippen LogP) is 3.52. The Morgan fingerprint density at radius 1 is 1.15 bits per heavy atom. The molecule has 0 spiro atoms. The summed E-state index contributed by atoms with van der Waals surface area (Å²) in [7, 11) is 0. The summed E-state index contributed by atoms with van der Waals surface area (Å²) in [5.41, 5.74) is 6.00. The number of fused-ring (bicyclic) bond motifs is 1. The SMILES string of the molecule is CCN(CC(C)C)c1ccc(N=C2C(CNC=O)=Nn3c2nnc3-c2cc(C)ccn2)c(C)c1. The molecule has 3 heterocycles. The average Bonchev–Trinajstić information content (AvgIpc) is 3.37. The van der Waals surface area contributed by atoms with E-state index in [1.54, 1.807) is 10.9 Å². The molecule has 1 aliphatic rings. The van der Waals surface area contributed by atoms with E-state index in [0.717, 1.165) is 29.9 Å². The van der Waals surface area contributed by atoms with Crippen molar-refractivity contribution in [2.75, 3.05) is 24.5 Å². The van der Waals surface area contributed by atoms with Gasteiger partial charge in [-0.1, -0.05) is 13.8 Å². The summed E-state index contributed by atoms with van der Waals surface area (Å²) in [6.07, 6.45) is 2.38. The maximum Gasteiger partial charge on any atom is 0.207 e. The first-order chi connectivity index (χ1) is 16.4. The standard InChI is InChI=1S/C25H30N8O/c1-6-32(14-16(2)3)19-7-8-20(18(5)12-19)28-23-22(13-26-15-34)31-33-24(29-30-25(23)33)21-11-17(4)9-10-27-21/h7-12,15-16H,6,13-14H2,1-5H3,(H,26,34). The van der Waals surface area contributed by atoms with Crippen molar-refractivity contribution in [1.82, 2.24) is 25.2 Å². The van der Waals surface area contributed by atoms with Crippen LogP contribution in [0, 0.1) is 19.8 Å². The topological polar surface area (TPSA) is 101 Å². The van der Waals surface area contributed by atoms with E-state index in [-0.39, 0.29) is 6.54 Å². The van der Waals surface area contributed by atoms with Crippen molar-refractivity contribution >= 4 is 29.2 Å². The zero-order valence-electron chi connectivity index (χ0n) is 20.3. The number of aliphatic imine (C=N–C) groups is 1. The lowest BCUT2D eigenvalue weighted by Gasteiger charge is -2.25. The molecular weight excluding hydrogens is 428 g/mol. The second-order valence-electron chi connectivity index (χ2n) is 8.79. The van der Waals surface area contributed by atoms with E-state index >= 15 is 0 Å². The second-order valence-corrected chi connectivity index (χ2v) is 8.79. The Balaban J connectivity index is 1.73. The number of carbonyl (C=O) groups excluding carboxylic acids is 1. The third-order valence-corrected chi connectivity index (χ3v) is 5.59. The van der Waals surface area contributed by atoms with E-state index in [9.17, 15) is 4.79 Å². The molecule has 1 N–H and O–H groups in total. The molecule has 0 saturated carbocycles. The van der Waals surface area contributed by atoms with Gasteiger partial charge in [-0.15, -0.1) is 10.2 Å². The Hall–Kier alpha value is -3.88. The van der Waals surface area contributed by atoms with Gasteiger partial charge in [-0.2, -0.15) is 9.78 Å². The molecule has 1 aliphatic heterocycles. The molecule has 0 saturated heterocycles. The fourth-order valence-electron chi connectivity index (χ4n) is 3.95. The quantitative estimate of drug-likeness (QED) is 0.495. The molecule has 0 fully saturated rings. The van der Waals surface area contributed by atoms with E-state index in [2.05, 4.69) is 63.4 Å². The Bertz CT molecular complexity index is 1260. The van der Waals surface area contributed by atoms with E-state index in [1.165, 1.54) is 5.69 Å². The monoisotopic (exact) mass is 458 g/mol. The molecule has 0 radical (unpaired) electrons. The van der Waals surface area contributed by atoms with Gasteiger partial charge in [-0.3, -0.25) is 9.78 Å². The Kier molecular flexibility index (Phi) is 6.81. The summed E-state index contributed by atoms with van der Waals surface area (Å²) < 4.78 is 1.65. The third-order valence-electron chi connectivity index (χ3n) is 5.59. The van der Waals surface area contributed by atoms with Gasteiger partial charge < -0.3 is 10.2 Å². The normalized spacial score (nSPS) is 13.8. The van der Waals surface area contributed by atoms with E-state index in [1.807, 2.05) is 32.0 Å². The van der Waals surface area contributed by atoms with Crippen LogP contribution in [-0.2, 0) is 4.79 Å². The van der Waals surface area contributed by atoms with Crippen molar-refractivity contribution in [2.45, 2.75) is 34.6 Å². The molecule has 1 aromatic carbocycles. The summed E-state index contributed by atoms with van der Waals surface area (Å²) in [4.78, 5) is 22.7. The molecule has 34 heavy (non-hydrogen) atoms. The molecule has 3 aromatic rings. The zero-order valence-corrected chi connectivity index (χ0v) is 20.3. The highest BCUT2D eigenvalue weighted by atomic mass is 16.1. The van der Waals surface area contributed by atoms with Gasteiger partial charge in [0.1, 0.15) is 17.1 Å². The van der Waals surface area contributed by atoms with Crippen LogP contribution in [0.2, 0.25) is 0 Å². The van der Waals surface area contributed by atoms with E-state index < -0.39 is 0 Å². The van der Waals surface area contributed by atoms with Gasteiger partial charge in [0.05, 0.1) is 12.2 Å². The molecule has 176 valence electrons. The van der Waals surface area contributed by atoms with Crippen molar-refractivity contribution < 1.29 is 4.79 Å². The number of benzene rings is 1. The maximum atomic E-state index is 11.0. The first-order valence-corrected chi connectivity index (χ1v) is 11.5. The van der Waals surface area contributed by atoms with Gasteiger partial charge in [-0.05, 0) is 68.1 Å². The van der Waals surface area contributed by atoms with Crippen LogP contribution in [0.1, 0.15) is 37.7 Å². The summed E-state index contributed by atoms with van der Waals surface area (Å²) in [6.45, 7) is 12.8. The Morgan fingerprint density at radius 2 is 1.94 bits per heavy atom. The summed E-state index contributed by atoms with van der Waals surface area (Å²) >= 11 is 0. The number of pyridine rings is 1.